The molecule has 0 bridgehead atoms. The van der Waals surface area contributed by atoms with Crippen LogP contribution in [0.1, 0.15) is 12.6 Å². The smallest absolute Gasteiger partial charge is 0.284 e. The number of ether oxygens (including phenoxy) is 2. The first-order chi connectivity index (χ1) is 18.7. The van der Waals surface area contributed by atoms with Crippen LogP contribution in [0.15, 0.2) is 66.9 Å². The first-order valence-electron chi connectivity index (χ1n) is 12.1. The zero-order valence-electron chi connectivity index (χ0n) is 22.0. The molecule has 1 amide bonds. The van der Waals surface area contributed by atoms with Crippen molar-refractivity contribution in [3.05, 3.63) is 77.6 Å². The van der Waals surface area contributed by atoms with Gasteiger partial charge in [0.2, 0.25) is 0 Å². The van der Waals surface area contributed by atoms with Gasteiger partial charge in [-0.15, -0.1) is 0 Å². The molecule has 4 aromatic rings. The van der Waals surface area contributed by atoms with Crippen LogP contribution < -0.4 is 20.1 Å². The average molecular weight is 551 g/mol. The topological polar surface area (TPSA) is 102 Å². The number of nitrogens with one attached hydrogen (secondary N) is 2. The second kappa shape index (κ2) is 12.5. The number of anilines is 3. The zero-order chi connectivity index (χ0) is 27.9. The van der Waals surface area contributed by atoms with Crippen LogP contribution in [0.4, 0.5) is 21.6 Å². The Bertz CT molecular complexity index is 1510. The van der Waals surface area contributed by atoms with E-state index in [1.54, 1.807) is 55.5 Å². The summed E-state index contributed by atoms with van der Waals surface area (Å²) in [5.74, 6) is 0.0731. The summed E-state index contributed by atoms with van der Waals surface area (Å²) in [4.78, 5) is 27.2. The van der Waals surface area contributed by atoms with E-state index in [1.807, 2.05) is 26.0 Å². The van der Waals surface area contributed by atoms with Crippen LogP contribution in [0.25, 0.3) is 10.9 Å². The fraction of sp³-hybridized carbons (Fsp3) is 0.214. The number of aryl methyl sites for hydroxylation is 1. The third-order valence-electron chi connectivity index (χ3n) is 5.44. The highest BCUT2D eigenvalue weighted by molar-refractivity contribution is 6.32. The van der Waals surface area contributed by atoms with E-state index in [1.165, 1.54) is 12.4 Å². The highest BCUT2D eigenvalue weighted by Gasteiger charge is 2.16. The van der Waals surface area contributed by atoms with Crippen LogP contribution in [-0.2, 0) is 4.79 Å². The molecular formula is C28H28ClFN6O3. The molecule has 2 heterocycles. The highest BCUT2D eigenvalue weighted by Crippen LogP contribution is 2.36. The number of pyridine rings is 1. The molecule has 2 N–H and O–H groups in total. The van der Waals surface area contributed by atoms with Gasteiger partial charge >= 0.3 is 0 Å². The van der Waals surface area contributed by atoms with Gasteiger partial charge in [-0.2, -0.15) is 0 Å². The number of amides is 1. The van der Waals surface area contributed by atoms with Crippen molar-refractivity contribution >= 4 is 45.6 Å². The molecule has 39 heavy (non-hydrogen) atoms. The lowest BCUT2D eigenvalue weighted by Crippen LogP contribution is -2.16. The monoisotopic (exact) mass is 550 g/mol. The molecule has 0 aliphatic rings. The zero-order valence-corrected chi connectivity index (χ0v) is 22.7. The van der Waals surface area contributed by atoms with Crippen molar-refractivity contribution in [3.8, 4) is 17.2 Å². The van der Waals surface area contributed by atoms with Gasteiger partial charge in [0.25, 0.3) is 5.91 Å². The Morgan fingerprint density at radius 3 is 2.62 bits per heavy atom. The Morgan fingerprint density at radius 1 is 1.10 bits per heavy atom. The summed E-state index contributed by atoms with van der Waals surface area (Å²) >= 11 is 6.48. The summed E-state index contributed by atoms with van der Waals surface area (Å²) in [5.41, 5.74) is 2.38. The van der Waals surface area contributed by atoms with E-state index >= 15 is 0 Å². The number of rotatable bonds is 10. The molecule has 0 spiro atoms. The number of nitrogens with zero attached hydrogens (tertiary/aromatic N) is 4. The number of hydrogen-bond donors (Lipinski definition) is 2. The molecule has 11 heteroatoms. The molecule has 0 aliphatic heterocycles. The van der Waals surface area contributed by atoms with E-state index in [2.05, 4.69) is 25.6 Å². The second-order valence-corrected chi connectivity index (χ2v) is 9.20. The molecule has 0 atom stereocenters. The minimum atomic E-state index is -0.896. The number of carbonyl (C=O) groups is 1. The summed E-state index contributed by atoms with van der Waals surface area (Å²) in [5, 5.41) is 6.78. The molecule has 0 saturated carbocycles. The van der Waals surface area contributed by atoms with Gasteiger partial charge in [-0.1, -0.05) is 11.6 Å². The molecule has 0 aliphatic carbocycles. The Balaban J connectivity index is 1.61. The predicted octanol–water partition coefficient (Wildman–Crippen LogP) is 6.27. The van der Waals surface area contributed by atoms with Gasteiger partial charge in [0.1, 0.15) is 29.4 Å². The lowest BCUT2D eigenvalue weighted by molar-refractivity contribution is -0.114. The first-order valence-corrected chi connectivity index (χ1v) is 12.5. The first kappa shape index (κ1) is 27.7. The molecule has 9 nitrogen and oxygen atoms in total. The molecule has 0 saturated heterocycles. The Kier molecular flexibility index (Phi) is 8.90. The SMILES string of the molecule is CCOc1cc2ncnc(Nc3ccc(Oc4ccc(C)nc4)c(Cl)c3)c2cc1NC(=O)C(F)=CCN(C)C. The van der Waals surface area contributed by atoms with Crippen LogP contribution in [0.5, 0.6) is 17.2 Å². The number of halogens is 2. The van der Waals surface area contributed by atoms with Gasteiger partial charge in [-0.3, -0.25) is 9.78 Å². The Morgan fingerprint density at radius 2 is 1.92 bits per heavy atom. The van der Waals surface area contributed by atoms with Crippen LogP contribution in [0.2, 0.25) is 5.02 Å². The number of aromatic nitrogens is 3. The molecule has 2 aromatic carbocycles. The van der Waals surface area contributed by atoms with Crippen molar-refractivity contribution in [1.29, 1.82) is 0 Å². The normalized spacial score (nSPS) is 11.5. The van der Waals surface area contributed by atoms with E-state index in [-0.39, 0.29) is 12.2 Å². The van der Waals surface area contributed by atoms with E-state index < -0.39 is 11.7 Å². The van der Waals surface area contributed by atoms with Gasteiger partial charge in [-0.25, -0.2) is 14.4 Å². The third kappa shape index (κ3) is 7.18. The molecule has 2 aromatic heterocycles. The van der Waals surface area contributed by atoms with E-state index in [9.17, 15) is 9.18 Å². The maximum atomic E-state index is 14.4. The van der Waals surface area contributed by atoms with Crippen molar-refractivity contribution in [2.24, 2.45) is 0 Å². The summed E-state index contributed by atoms with van der Waals surface area (Å²) in [7, 11) is 3.56. The number of benzene rings is 2. The average Bonchev–Trinajstić information content (AvgIpc) is 2.90. The lowest BCUT2D eigenvalue weighted by atomic mass is 10.1. The fourth-order valence-electron chi connectivity index (χ4n) is 3.53. The molecular weight excluding hydrogens is 523 g/mol. The summed E-state index contributed by atoms with van der Waals surface area (Å²) in [6.45, 7) is 4.33. The van der Waals surface area contributed by atoms with Gasteiger partial charge in [0.15, 0.2) is 5.83 Å². The predicted molar refractivity (Wildman–Crippen MR) is 151 cm³/mol. The van der Waals surface area contributed by atoms with Crippen molar-refractivity contribution in [2.45, 2.75) is 13.8 Å². The van der Waals surface area contributed by atoms with Crippen LogP contribution in [0, 0.1) is 6.92 Å². The maximum Gasteiger partial charge on any atom is 0.284 e. The Hall–Kier alpha value is -4.28. The number of likely N-dealkylation sites (N-methyl/N-ethyl adjacent to an activating group) is 1. The maximum absolute atomic E-state index is 14.4. The number of fused-ring (bicyclic) bond motifs is 1. The van der Waals surface area contributed by atoms with E-state index in [0.717, 1.165) is 5.69 Å². The lowest BCUT2D eigenvalue weighted by Gasteiger charge is -2.15. The molecule has 4 rings (SSSR count). The number of hydrogen-bond acceptors (Lipinski definition) is 8. The second-order valence-electron chi connectivity index (χ2n) is 8.80. The third-order valence-corrected chi connectivity index (χ3v) is 5.74. The summed E-state index contributed by atoms with van der Waals surface area (Å²) < 4.78 is 25.9. The van der Waals surface area contributed by atoms with Crippen molar-refractivity contribution in [1.82, 2.24) is 19.9 Å². The number of carbonyl (C=O) groups excluding carboxylic acids is 1. The summed E-state index contributed by atoms with van der Waals surface area (Å²) in [6.07, 6.45) is 4.24. The van der Waals surface area contributed by atoms with Crippen molar-refractivity contribution in [3.63, 3.8) is 0 Å². The van der Waals surface area contributed by atoms with E-state index in [4.69, 9.17) is 21.1 Å². The highest BCUT2D eigenvalue weighted by atomic mass is 35.5. The van der Waals surface area contributed by atoms with Crippen LogP contribution >= 0.6 is 11.6 Å². The molecule has 0 radical (unpaired) electrons. The van der Waals surface area contributed by atoms with Crippen LogP contribution in [0.3, 0.4) is 0 Å². The largest absolute Gasteiger partial charge is 0.492 e. The molecule has 202 valence electrons. The fourth-order valence-corrected chi connectivity index (χ4v) is 3.75. The minimum absolute atomic E-state index is 0.283. The van der Waals surface area contributed by atoms with Gasteiger partial charge in [-0.05, 0) is 70.4 Å². The van der Waals surface area contributed by atoms with Crippen molar-refractivity contribution < 1.29 is 18.7 Å². The van der Waals surface area contributed by atoms with Crippen molar-refractivity contribution in [2.75, 3.05) is 37.9 Å². The quantitative estimate of drug-likeness (QED) is 0.223. The minimum Gasteiger partial charge on any atom is -0.492 e. The Labute approximate surface area is 230 Å². The summed E-state index contributed by atoms with van der Waals surface area (Å²) in [6, 6.07) is 12.2. The van der Waals surface area contributed by atoms with Gasteiger partial charge in [0.05, 0.1) is 29.0 Å². The van der Waals surface area contributed by atoms with Crippen LogP contribution in [-0.4, -0.2) is 53.0 Å². The molecule has 0 unspecified atom stereocenters. The molecule has 0 fully saturated rings. The van der Waals surface area contributed by atoms with Gasteiger partial charge in [0, 0.05) is 29.4 Å². The van der Waals surface area contributed by atoms with E-state index in [0.29, 0.717) is 51.3 Å². The van der Waals surface area contributed by atoms with Gasteiger partial charge < -0.3 is 25.0 Å². The standard InChI is InChI=1S/C28H28ClFN6O3/c1-5-38-26-14-23-20(13-24(26)35-28(37)22(30)10-11-36(3)4)27(33-16-32-23)34-18-7-9-25(21(29)12-18)39-19-8-6-17(2)31-15-19/h6-10,12-16H,5,11H2,1-4H3,(H,35,37)(H,32,33,34).